The maximum absolute atomic E-state index is 8.91. The number of ether oxygens (including phenoxy) is 1. The third-order valence-electron chi connectivity index (χ3n) is 1.35. The van der Waals surface area contributed by atoms with Gasteiger partial charge in [0.15, 0.2) is 0 Å². The van der Waals surface area contributed by atoms with Gasteiger partial charge in [0.1, 0.15) is 12.4 Å². The van der Waals surface area contributed by atoms with Crippen LogP contribution in [0.25, 0.3) is 0 Å². The molecule has 0 aliphatic heterocycles. The first kappa shape index (κ1) is 11.0. The molecular weight excluding hydrogens is 300 g/mol. The minimum atomic E-state index is -0.703. The number of aliphatic hydroxyl groups excluding tert-OH is 1. The first-order chi connectivity index (χ1) is 6.11. The molecule has 71 valence electrons. The van der Waals surface area contributed by atoms with E-state index in [1.807, 2.05) is 18.2 Å². The molecule has 0 saturated carbocycles. The Kier molecular flexibility index (Phi) is 4.22. The molecule has 1 aromatic carbocycles. The van der Waals surface area contributed by atoms with Crippen molar-refractivity contribution in [2.75, 3.05) is 6.61 Å². The Morgan fingerprint density at radius 1 is 1.46 bits per heavy atom. The van der Waals surface area contributed by atoms with Crippen LogP contribution in [-0.2, 0) is 0 Å². The van der Waals surface area contributed by atoms with Crippen molar-refractivity contribution in [2.24, 2.45) is 0 Å². The highest BCUT2D eigenvalue weighted by molar-refractivity contribution is 9.13. The van der Waals surface area contributed by atoms with Crippen LogP contribution in [-0.4, -0.2) is 17.8 Å². The van der Waals surface area contributed by atoms with Crippen LogP contribution in [0, 0.1) is 6.92 Å². The molecule has 1 atom stereocenters. The third kappa shape index (κ3) is 3.29. The Morgan fingerprint density at radius 2 is 2.15 bits per heavy atom. The normalized spacial score (nSPS) is 12.6. The molecule has 0 aliphatic rings. The van der Waals surface area contributed by atoms with Crippen LogP contribution in [0.4, 0.5) is 0 Å². The molecule has 0 fully saturated rings. The number of hydrogen-bond acceptors (Lipinski definition) is 2. The van der Waals surface area contributed by atoms with Crippen LogP contribution in [0.1, 0.15) is 0 Å². The zero-order chi connectivity index (χ0) is 9.84. The molecule has 0 aliphatic carbocycles. The molecule has 0 saturated heterocycles. The molecule has 0 bridgehead atoms. The summed E-state index contributed by atoms with van der Waals surface area (Å²) in [5.74, 6) is 0.692. The zero-order valence-electron chi connectivity index (χ0n) is 6.84. The lowest BCUT2D eigenvalue weighted by Crippen LogP contribution is -2.13. The lowest BCUT2D eigenvalue weighted by atomic mass is 10.3. The van der Waals surface area contributed by atoms with Gasteiger partial charge in [-0.1, -0.05) is 6.07 Å². The van der Waals surface area contributed by atoms with Crippen molar-refractivity contribution in [3.8, 4) is 5.75 Å². The van der Waals surface area contributed by atoms with E-state index >= 15 is 0 Å². The van der Waals surface area contributed by atoms with Gasteiger partial charge in [-0.05, 0) is 50.9 Å². The van der Waals surface area contributed by atoms with Crippen LogP contribution in [0.15, 0.2) is 27.1 Å². The fourth-order valence-electron chi connectivity index (χ4n) is 0.781. The van der Waals surface area contributed by atoms with Gasteiger partial charge < -0.3 is 9.84 Å². The molecule has 2 nitrogen and oxygen atoms in total. The molecule has 13 heavy (non-hydrogen) atoms. The summed E-state index contributed by atoms with van der Waals surface area (Å²) in [5.41, 5.74) is 0. The standard InChI is InChI=1S/C9H9Br2O2/c1-6(12)5-13-8-4-2-3-7(10)9(8)11/h2-4,6,12H,1,5H2. The van der Waals surface area contributed by atoms with Gasteiger partial charge in [-0.3, -0.25) is 0 Å². The minimum Gasteiger partial charge on any atom is -0.490 e. The molecule has 1 N–H and O–H groups in total. The van der Waals surface area contributed by atoms with E-state index in [2.05, 4.69) is 38.8 Å². The van der Waals surface area contributed by atoms with Crippen molar-refractivity contribution < 1.29 is 9.84 Å². The maximum atomic E-state index is 8.91. The second-order valence-electron chi connectivity index (χ2n) is 2.52. The molecule has 4 heteroatoms. The highest BCUT2D eigenvalue weighted by atomic mass is 79.9. The number of halogens is 2. The predicted molar refractivity (Wildman–Crippen MR) is 58.7 cm³/mol. The SMILES string of the molecule is [CH2]C(O)COc1cccc(Br)c1Br. The van der Waals surface area contributed by atoms with E-state index in [0.717, 1.165) is 8.95 Å². The van der Waals surface area contributed by atoms with E-state index in [0.29, 0.717) is 5.75 Å². The van der Waals surface area contributed by atoms with Gasteiger partial charge in [0, 0.05) is 4.47 Å². The number of rotatable bonds is 3. The zero-order valence-corrected chi connectivity index (χ0v) is 10.0. The van der Waals surface area contributed by atoms with E-state index < -0.39 is 6.10 Å². The molecule has 0 spiro atoms. The van der Waals surface area contributed by atoms with Gasteiger partial charge in [-0.2, -0.15) is 0 Å². The van der Waals surface area contributed by atoms with E-state index in [9.17, 15) is 0 Å². The quantitative estimate of drug-likeness (QED) is 0.930. The smallest absolute Gasteiger partial charge is 0.134 e. The average molecular weight is 309 g/mol. The lowest BCUT2D eigenvalue weighted by molar-refractivity contribution is 0.142. The fourth-order valence-corrected chi connectivity index (χ4v) is 1.51. The third-order valence-corrected chi connectivity index (χ3v) is 3.36. The molecule has 1 unspecified atom stereocenters. The predicted octanol–water partition coefficient (Wildman–Crippen LogP) is 2.79. The van der Waals surface area contributed by atoms with Gasteiger partial charge in [0.25, 0.3) is 0 Å². The van der Waals surface area contributed by atoms with Crippen molar-refractivity contribution in [3.05, 3.63) is 34.1 Å². The Morgan fingerprint density at radius 3 is 2.77 bits per heavy atom. The van der Waals surface area contributed by atoms with Crippen molar-refractivity contribution in [2.45, 2.75) is 6.10 Å². The van der Waals surface area contributed by atoms with Crippen LogP contribution in [0.3, 0.4) is 0 Å². The summed E-state index contributed by atoms with van der Waals surface area (Å²) in [7, 11) is 0. The topological polar surface area (TPSA) is 29.5 Å². The molecule has 0 aromatic heterocycles. The lowest BCUT2D eigenvalue weighted by Gasteiger charge is -2.10. The average Bonchev–Trinajstić information content (AvgIpc) is 2.07. The Balaban J connectivity index is 2.71. The summed E-state index contributed by atoms with van der Waals surface area (Å²) in [6.07, 6.45) is -0.703. The first-order valence-corrected chi connectivity index (χ1v) is 5.28. The summed E-state index contributed by atoms with van der Waals surface area (Å²) in [6, 6.07) is 5.58. The Hall–Kier alpha value is -0.0600. The van der Waals surface area contributed by atoms with Crippen LogP contribution >= 0.6 is 31.9 Å². The highest BCUT2D eigenvalue weighted by Crippen LogP contribution is 2.32. The first-order valence-electron chi connectivity index (χ1n) is 3.69. The second-order valence-corrected chi connectivity index (χ2v) is 4.16. The maximum Gasteiger partial charge on any atom is 0.134 e. The molecule has 1 rings (SSSR count). The van der Waals surface area contributed by atoms with Crippen LogP contribution < -0.4 is 4.74 Å². The van der Waals surface area contributed by atoms with Gasteiger partial charge in [-0.15, -0.1) is 0 Å². The minimum absolute atomic E-state index is 0.190. The van der Waals surface area contributed by atoms with E-state index in [1.165, 1.54) is 0 Å². The monoisotopic (exact) mass is 307 g/mol. The molecule has 1 aromatic rings. The summed E-state index contributed by atoms with van der Waals surface area (Å²) in [5, 5.41) is 8.91. The van der Waals surface area contributed by atoms with Crippen molar-refractivity contribution >= 4 is 31.9 Å². The summed E-state index contributed by atoms with van der Waals surface area (Å²) in [6.45, 7) is 3.60. The molecule has 0 heterocycles. The summed E-state index contributed by atoms with van der Waals surface area (Å²) in [4.78, 5) is 0. The highest BCUT2D eigenvalue weighted by Gasteiger charge is 2.05. The van der Waals surface area contributed by atoms with Crippen molar-refractivity contribution in [3.63, 3.8) is 0 Å². The van der Waals surface area contributed by atoms with Gasteiger partial charge in [0.05, 0.1) is 10.6 Å². The van der Waals surface area contributed by atoms with E-state index in [-0.39, 0.29) is 6.61 Å². The molecule has 1 radical (unpaired) electrons. The van der Waals surface area contributed by atoms with Crippen LogP contribution in [0.2, 0.25) is 0 Å². The summed E-state index contributed by atoms with van der Waals surface area (Å²) >= 11 is 6.70. The number of hydrogen-bond donors (Lipinski definition) is 1. The second kappa shape index (κ2) is 4.98. The van der Waals surface area contributed by atoms with Crippen molar-refractivity contribution in [1.29, 1.82) is 0 Å². The molecular formula is C9H9Br2O2. The Labute approximate surface area is 94.2 Å². The molecule has 0 amide bonds. The summed E-state index contributed by atoms with van der Waals surface area (Å²) < 4.78 is 7.05. The van der Waals surface area contributed by atoms with Gasteiger partial charge in [-0.25, -0.2) is 0 Å². The van der Waals surface area contributed by atoms with Crippen LogP contribution in [0.5, 0.6) is 5.75 Å². The van der Waals surface area contributed by atoms with E-state index in [4.69, 9.17) is 9.84 Å². The fraction of sp³-hybridized carbons (Fsp3) is 0.222. The Bertz CT molecular complexity index is 287. The van der Waals surface area contributed by atoms with Gasteiger partial charge in [0.2, 0.25) is 0 Å². The number of aliphatic hydroxyl groups is 1. The van der Waals surface area contributed by atoms with Gasteiger partial charge >= 0.3 is 0 Å². The van der Waals surface area contributed by atoms with E-state index in [1.54, 1.807) is 0 Å². The van der Waals surface area contributed by atoms with Crippen molar-refractivity contribution in [1.82, 2.24) is 0 Å². The largest absolute Gasteiger partial charge is 0.490 e. The number of benzene rings is 1.